The molecule has 0 radical (unpaired) electrons. The van der Waals surface area contributed by atoms with Crippen LogP contribution in [0.25, 0.3) is 10.8 Å². The third-order valence-corrected chi connectivity index (χ3v) is 4.19. The summed E-state index contributed by atoms with van der Waals surface area (Å²) in [5.74, 6) is 0.172. The van der Waals surface area contributed by atoms with E-state index in [1.807, 2.05) is 52.0 Å². The molecule has 3 aromatic carbocycles. The Balaban J connectivity index is 2.21. The number of benzene rings is 3. The van der Waals surface area contributed by atoms with Crippen molar-refractivity contribution in [3.63, 3.8) is 0 Å². The predicted octanol–water partition coefficient (Wildman–Crippen LogP) is 5.78. The molecule has 24 heavy (non-hydrogen) atoms. The molecule has 0 aromatic heterocycles. The van der Waals surface area contributed by atoms with E-state index in [0.29, 0.717) is 16.8 Å². The number of nitrogens with zero attached hydrogens (tertiary/aromatic N) is 2. The van der Waals surface area contributed by atoms with Crippen molar-refractivity contribution in [1.82, 2.24) is 0 Å². The Labute approximate surface area is 141 Å². The second kappa shape index (κ2) is 5.96. The van der Waals surface area contributed by atoms with Crippen LogP contribution < -0.4 is 5.73 Å². The van der Waals surface area contributed by atoms with Gasteiger partial charge in [0.2, 0.25) is 0 Å². The highest BCUT2D eigenvalue weighted by molar-refractivity contribution is 6.03. The number of nitrogens with two attached hydrogens (primary N) is 1. The van der Waals surface area contributed by atoms with Gasteiger partial charge in [0.1, 0.15) is 11.4 Å². The average molecular weight is 319 g/mol. The average Bonchev–Trinajstić information content (AvgIpc) is 2.49. The minimum atomic E-state index is 0.172. The Bertz CT molecular complexity index is 975. The molecule has 0 aliphatic carbocycles. The Morgan fingerprint density at radius 3 is 2.29 bits per heavy atom. The zero-order valence-electron chi connectivity index (χ0n) is 14.4. The molecule has 0 aliphatic heterocycles. The van der Waals surface area contributed by atoms with E-state index in [1.165, 1.54) is 5.56 Å². The smallest absolute Gasteiger partial charge is 0.125 e. The maximum atomic E-state index is 10.4. The monoisotopic (exact) mass is 319 g/mol. The standard InChI is InChI=1S/C20H21N3O/c1-11-5-6-16(13(3)7-11)22-23-20-18-15(10-14(4)19(20)21)8-12(2)9-17(18)24/h5-10,24H,21H2,1-4H3. The number of phenols is 1. The lowest BCUT2D eigenvalue weighted by Crippen LogP contribution is -1.92. The van der Waals surface area contributed by atoms with Gasteiger partial charge in [0.25, 0.3) is 0 Å². The SMILES string of the molecule is Cc1ccc(N=Nc2c(N)c(C)cc3cc(C)cc(O)c23)c(C)c1. The summed E-state index contributed by atoms with van der Waals surface area (Å²) in [5, 5.41) is 20.7. The highest BCUT2D eigenvalue weighted by Gasteiger charge is 2.13. The molecule has 0 atom stereocenters. The van der Waals surface area contributed by atoms with Crippen LogP contribution in [0.5, 0.6) is 5.75 Å². The van der Waals surface area contributed by atoms with Crippen molar-refractivity contribution in [1.29, 1.82) is 0 Å². The maximum Gasteiger partial charge on any atom is 0.125 e. The van der Waals surface area contributed by atoms with Crippen molar-refractivity contribution in [2.75, 3.05) is 5.73 Å². The molecule has 0 amide bonds. The lowest BCUT2D eigenvalue weighted by atomic mass is 10.0. The summed E-state index contributed by atoms with van der Waals surface area (Å²) in [4.78, 5) is 0. The number of hydrogen-bond acceptors (Lipinski definition) is 4. The van der Waals surface area contributed by atoms with E-state index in [1.54, 1.807) is 6.07 Å². The first-order valence-corrected chi connectivity index (χ1v) is 7.88. The fourth-order valence-electron chi connectivity index (χ4n) is 2.92. The van der Waals surface area contributed by atoms with E-state index in [-0.39, 0.29) is 5.75 Å². The van der Waals surface area contributed by atoms with Gasteiger partial charge in [-0.1, -0.05) is 23.8 Å². The topological polar surface area (TPSA) is 71.0 Å². The molecule has 0 fully saturated rings. The molecule has 122 valence electrons. The first-order chi connectivity index (χ1) is 11.4. The molecular formula is C20H21N3O. The van der Waals surface area contributed by atoms with Gasteiger partial charge < -0.3 is 10.8 Å². The van der Waals surface area contributed by atoms with Crippen molar-refractivity contribution in [2.24, 2.45) is 10.2 Å². The van der Waals surface area contributed by atoms with Crippen LogP contribution in [0.1, 0.15) is 22.3 Å². The first kappa shape index (κ1) is 16.0. The minimum absolute atomic E-state index is 0.172. The number of phenolic OH excluding ortho intramolecular Hbond substituents is 1. The van der Waals surface area contributed by atoms with E-state index in [2.05, 4.69) is 16.3 Å². The van der Waals surface area contributed by atoms with Crippen molar-refractivity contribution in [3.8, 4) is 5.75 Å². The van der Waals surface area contributed by atoms with Gasteiger partial charge in [-0.05, 0) is 68.0 Å². The second-order valence-electron chi connectivity index (χ2n) is 6.33. The zero-order valence-corrected chi connectivity index (χ0v) is 14.4. The number of aromatic hydroxyl groups is 1. The minimum Gasteiger partial charge on any atom is -0.507 e. The predicted molar refractivity (Wildman–Crippen MR) is 99.6 cm³/mol. The third-order valence-electron chi connectivity index (χ3n) is 4.19. The van der Waals surface area contributed by atoms with Crippen LogP contribution in [0.2, 0.25) is 0 Å². The van der Waals surface area contributed by atoms with Crippen LogP contribution in [0.15, 0.2) is 46.6 Å². The maximum absolute atomic E-state index is 10.4. The molecule has 0 saturated heterocycles. The lowest BCUT2D eigenvalue weighted by Gasteiger charge is -2.11. The van der Waals surface area contributed by atoms with E-state index in [0.717, 1.165) is 27.8 Å². The van der Waals surface area contributed by atoms with E-state index in [9.17, 15) is 5.11 Å². The first-order valence-electron chi connectivity index (χ1n) is 7.88. The van der Waals surface area contributed by atoms with Crippen LogP contribution in [-0.4, -0.2) is 5.11 Å². The quantitative estimate of drug-likeness (QED) is 0.464. The summed E-state index contributed by atoms with van der Waals surface area (Å²) in [6.07, 6.45) is 0. The Morgan fingerprint density at radius 2 is 1.58 bits per heavy atom. The van der Waals surface area contributed by atoms with Gasteiger partial charge in [0, 0.05) is 0 Å². The van der Waals surface area contributed by atoms with E-state index >= 15 is 0 Å². The summed E-state index contributed by atoms with van der Waals surface area (Å²) < 4.78 is 0. The van der Waals surface area contributed by atoms with Crippen molar-refractivity contribution in [3.05, 3.63) is 58.7 Å². The summed E-state index contributed by atoms with van der Waals surface area (Å²) in [6, 6.07) is 11.7. The molecular weight excluding hydrogens is 298 g/mol. The van der Waals surface area contributed by atoms with Crippen molar-refractivity contribution >= 4 is 27.8 Å². The van der Waals surface area contributed by atoms with Crippen LogP contribution in [-0.2, 0) is 0 Å². The normalized spacial score (nSPS) is 11.5. The fraction of sp³-hybridized carbons (Fsp3) is 0.200. The van der Waals surface area contributed by atoms with Gasteiger partial charge >= 0.3 is 0 Å². The highest BCUT2D eigenvalue weighted by Crippen LogP contribution is 2.41. The number of aryl methyl sites for hydroxylation is 4. The molecule has 3 aromatic rings. The fourth-order valence-corrected chi connectivity index (χ4v) is 2.92. The van der Waals surface area contributed by atoms with Gasteiger partial charge in [-0.3, -0.25) is 0 Å². The summed E-state index contributed by atoms with van der Waals surface area (Å²) in [5.41, 5.74) is 12.2. The van der Waals surface area contributed by atoms with Crippen molar-refractivity contribution < 1.29 is 5.11 Å². The number of anilines is 1. The van der Waals surface area contributed by atoms with Crippen molar-refractivity contribution in [2.45, 2.75) is 27.7 Å². The molecule has 0 aliphatic rings. The number of hydrogen-bond donors (Lipinski definition) is 2. The third kappa shape index (κ3) is 2.83. The molecule has 4 nitrogen and oxygen atoms in total. The molecule has 0 heterocycles. The van der Waals surface area contributed by atoms with Gasteiger partial charge in [-0.2, -0.15) is 5.11 Å². The van der Waals surface area contributed by atoms with E-state index < -0.39 is 0 Å². The number of fused-ring (bicyclic) bond motifs is 1. The summed E-state index contributed by atoms with van der Waals surface area (Å²) in [6.45, 7) is 7.92. The summed E-state index contributed by atoms with van der Waals surface area (Å²) >= 11 is 0. The zero-order chi connectivity index (χ0) is 17.4. The molecule has 0 spiro atoms. The second-order valence-corrected chi connectivity index (χ2v) is 6.33. The molecule has 3 N–H and O–H groups in total. The van der Waals surface area contributed by atoms with Gasteiger partial charge in [-0.15, -0.1) is 5.11 Å². The number of azo groups is 1. The van der Waals surface area contributed by atoms with Crippen LogP contribution in [0.4, 0.5) is 17.1 Å². The molecule has 0 bridgehead atoms. The molecule has 0 unspecified atom stereocenters. The largest absolute Gasteiger partial charge is 0.507 e. The molecule has 0 saturated carbocycles. The Morgan fingerprint density at radius 1 is 0.833 bits per heavy atom. The Hall–Kier alpha value is -2.88. The van der Waals surface area contributed by atoms with Gasteiger partial charge in [0.05, 0.1) is 16.8 Å². The number of rotatable bonds is 2. The van der Waals surface area contributed by atoms with Gasteiger partial charge in [0.15, 0.2) is 0 Å². The Kier molecular flexibility index (Phi) is 3.97. The van der Waals surface area contributed by atoms with Gasteiger partial charge in [-0.25, -0.2) is 0 Å². The lowest BCUT2D eigenvalue weighted by molar-refractivity contribution is 0.481. The number of nitrogen functional groups attached to an aromatic ring is 1. The molecule has 4 heteroatoms. The van der Waals surface area contributed by atoms with Crippen LogP contribution in [0, 0.1) is 27.7 Å². The van der Waals surface area contributed by atoms with Crippen LogP contribution in [0.3, 0.4) is 0 Å². The van der Waals surface area contributed by atoms with Crippen LogP contribution >= 0.6 is 0 Å². The highest BCUT2D eigenvalue weighted by atomic mass is 16.3. The summed E-state index contributed by atoms with van der Waals surface area (Å²) in [7, 11) is 0. The van der Waals surface area contributed by atoms with E-state index in [4.69, 9.17) is 5.73 Å². The molecule has 3 rings (SSSR count).